The van der Waals surface area contributed by atoms with Crippen molar-refractivity contribution < 1.29 is 67.4 Å². The molecule has 0 unspecified atom stereocenters. The van der Waals surface area contributed by atoms with Gasteiger partial charge >= 0.3 is 51.4 Å². The van der Waals surface area contributed by atoms with E-state index in [2.05, 4.69) is 0 Å². The van der Waals surface area contributed by atoms with Gasteiger partial charge < -0.3 is 16.0 Å². The smallest absolute Gasteiger partial charge is 1.00 e. The quantitative estimate of drug-likeness (QED) is 0.584. The number of methoxy groups -OCH3 is 2. The Kier molecular flexibility index (Phi) is 5.95. The van der Waals surface area contributed by atoms with Crippen molar-refractivity contribution in [2.24, 2.45) is 0 Å². The van der Waals surface area contributed by atoms with Gasteiger partial charge in [-0.2, -0.15) is 0 Å². The summed E-state index contributed by atoms with van der Waals surface area (Å²) in [6.45, 7) is 0. The molecule has 0 atom stereocenters. The second-order valence-corrected chi connectivity index (χ2v) is 2.01. The van der Waals surface area contributed by atoms with Gasteiger partial charge in [0.05, 0.1) is 14.2 Å². The van der Waals surface area contributed by atoms with E-state index >= 15 is 0 Å². The summed E-state index contributed by atoms with van der Waals surface area (Å²) in [7, 11) is 3.01. The molecule has 0 aliphatic carbocycles. The van der Waals surface area contributed by atoms with E-state index in [1.165, 1.54) is 14.2 Å². The van der Waals surface area contributed by atoms with E-state index in [0.717, 1.165) is 0 Å². The fourth-order valence-electron chi connectivity index (χ4n) is 0.870. The fraction of sp³-hybridized carbons (Fsp3) is 0.250. The van der Waals surface area contributed by atoms with Crippen molar-refractivity contribution in [2.45, 2.75) is 0 Å². The van der Waals surface area contributed by atoms with Gasteiger partial charge in [0.1, 0.15) is 0 Å². The summed E-state index contributed by atoms with van der Waals surface area (Å²) in [5, 5.41) is 9.22. The monoisotopic (exact) mass is 194 g/mol. The molecule has 62 valence electrons. The molecule has 1 aromatic carbocycles. The van der Waals surface area contributed by atoms with E-state index in [0.29, 0.717) is 11.5 Å². The van der Waals surface area contributed by atoms with Crippen LogP contribution in [0.4, 0.5) is 0 Å². The molecular weight excluding hydrogens is 183 g/mol. The largest absolute Gasteiger partial charge is 1.00 e. The first kappa shape index (κ1) is 12.3. The SMILES string of the molecule is COc1cccc(O)c1OC.[H-].[K+]. The fourth-order valence-corrected chi connectivity index (χ4v) is 0.870. The van der Waals surface area contributed by atoms with Gasteiger partial charge in [0.2, 0.25) is 5.75 Å². The van der Waals surface area contributed by atoms with E-state index in [4.69, 9.17) is 9.47 Å². The average molecular weight is 194 g/mol. The summed E-state index contributed by atoms with van der Waals surface area (Å²) in [6, 6.07) is 4.95. The van der Waals surface area contributed by atoms with Crippen molar-refractivity contribution in [3.05, 3.63) is 18.2 Å². The summed E-state index contributed by atoms with van der Waals surface area (Å²) in [4.78, 5) is 0. The Morgan fingerprint density at radius 3 is 2.33 bits per heavy atom. The number of phenols is 1. The zero-order valence-corrected chi connectivity index (χ0v) is 10.6. The third-order valence-corrected chi connectivity index (χ3v) is 1.38. The van der Waals surface area contributed by atoms with E-state index in [9.17, 15) is 5.11 Å². The minimum absolute atomic E-state index is 0. The molecule has 0 aliphatic rings. The molecule has 0 saturated heterocycles. The molecule has 4 heteroatoms. The minimum atomic E-state index is 0. The van der Waals surface area contributed by atoms with Gasteiger partial charge in [0, 0.05) is 0 Å². The molecule has 0 bridgehead atoms. The summed E-state index contributed by atoms with van der Waals surface area (Å²) in [5.41, 5.74) is 0. The Hall–Kier alpha value is 0.256. The van der Waals surface area contributed by atoms with Gasteiger partial charge in [0.25, 0.3) is 0 Å². The molecule has 1 rings (SSSR count). The van der Waals surface area contributed by atoms with Gasteiger partial charge in [0.15, 0.2) is 11.5 Å². The Morgan fingerprint density at radius 2 is 1.92 bits per heavy atom. The first-order chi connectivity index (χ1) is 5.29. The summed E-state index contributed by atoms with van der Waals surface area (Å²) >= 11 is 0. The number of hydrogen-bond acceptors (Lipinski definition) is 3. The standard InChI is InChI=1S/C8H10O3.K.H/c1-10-7-5-3-4-6(9)8(7)11-2;;/h3-5,9H,1-2H3;;/q;+1;-1. The number of ether oxygens (including phenoxy) is 2. The number of hydrogen-bond donors (Lipinski definition) is 1. The van der Waals surface area contributed by atoms with Crippen LogP contribution >= 0.6 is 0 Å². The van der Waals surface area contributed by atoms with Crippen molar-refractivity contribution in [2.75, 3.05) is 14.2 Å². The summed E-state index contributed by atoms with van der Waals surface area (Å²) < 4.78 is 9.82. The van der Waals surface area contributed by atoms with Gasteiger partial charge in [-0.05, 0) is 12.1 Å². The average Bonchev–Trinajstić information content (AvgIpc) is 2.04. The van der Waals surface area contributed by atoms with Crippen molar-refractivity contribution in [3.63, 3.8) is 0 Å². The molecule has 12 heavy (non-hydrogen) atoms. The first-order valence-corrected chi connectivity index (χ1v) is 3.19. The van der Waals surface area contributed by atoms with Gasteiger partial charge in [-0.25, -0.2) is 0 Å². The molecule has 0 saturated carbocycles. The van der Waals surface area contributed by atoms with Crippen molar-refractivity contribution in [1.82, 2.24) is 0 Å². The molecule has 0 aromatic heterocycles. The van der Waals surface area contributed by atoms with Crippen LogP contribution in [0, 0.1) is 0 Å². The predicted octanol–water partition coefficient (Wildman–Crippen LogP) is -1.47. The van der Waals surface area contributed by atoms with Crippen LogP contribution in [0.3, 0.4) is 0 Å². The normalized spacial score (nSPS) is 8.50. The number of para-hydroxylation sites is 1. The molecule has 0 fully saturated rings. The van der Waals surface area contributed by atoms with Gasteiger partial charge in [-0.3, -0.25) is 0 Å². The minimum Gasteiger partial charge on any atom is -1.00 e. The Morgan fingerprint density at radius 1 is 1.25 bits per heavy atom. The van der Waals surface area contributed by atoms with Crippen LogP contribution in [-0.4, -0.2) is 19.3 Å². The van der Waals surface area contributed by atoms with E-state index in [-0.39, 0.29) is 58.6 Å². The van der Waals surface area contributed by atoms with Crippen LogP contribution in [-0.2, 0) is 0 Å². The maximum Gasteiger partial charge on any atom is 1.00 e. The number of benzene rings is 1. The molecule has 0 amide bonds. The van der Waals surface area contributed by atoms with Crippen molar-refractivity contribution in [3.8, 4) is 17.2 Å². The number of phenolic OH excluding ortho intramolecular Hbond substituents is 1. The molecule has 3 nitrogen and oxygen atoms in total. The molecular formula is C8H11KO3. The van der Waals surface area contributed by atoms with Gasteiger partial charge in [-0.15, -0.1) is 0 Å². The van der Waals surface area contributed by atoms with Crippen LogP contribution in [0.2, 0.25) is 0 Å². The number of rotatable bonds is 2. The van der Waals surface area contributed by atoms with E-state index < -0.39 is 0 Å². The van der Waals surface area contributed by atoms with Crippen LogP contribution in [0.1, 0.15) is 1.43 Å². The predicted molar refractivity (Wildman–Crippen MR) is 42.3 cm³/mol. The molecule has 0 aliphatic heterocycles. The Balaban J connectivity index is 0. The Labute approximate surface area is 116 Å². The maximum absolute atomic E-state index is 9.22. The summed E-state index contributed by atoms with van der Waals surface area (Å²) in [5.74, 6) is 0.995. The number of aromatic hydroxyl groups is 1. The van der Waals surface area contributed by atoms with Gasteiger partial charge in [-0.1, -0.05) is 6.07 Å². The van der Waals surface area contributed by atoms with Crippen LogP contribution in [0.25, 0.3) is 0 Å². The summed E-state index contributed by atoms with van der Waals surface area (Å²) in [6.07, 6.45) is 0. The maximum atomic E-state index is 9.22. The zero-order chi connectivity index (χ0) is 8.27. The molecule has 1 N–H and O–H groups in total. The second-order valence-electron chi connectivity index (χ2n) is 2.01. The third kappa shape index (κ3) is 2.64. The van der Waals surface area contributed by atoms with E-state index in [1.54, 1.807) is 18.2 Å². The first-order valence-electron chi connectivity index (χ1n) is 3.19. The third-order valence-electron chi connectivity index (χ3n) is 1.38. The topological polar surface area (TPSA) is 38.7 Å². The molecule has 0 spiro atoms. The second kappa shape index (κ2) is 5.83. The zero-order valence-electron chi connectivity index (χ0n) is 8.50. The molecule has 1 aromatic rings. The van der Waals surface area contributed by atoms with Crippen LogP contribution in [0.15, 0.2) is 18.2 Å². The Bertz CT molecular complexity index is 255. The van der Waals surface area contributed by atoms with Crippen LogP contribution in [0.5, 0.6) is 17.2 Å². The molecule has 0 heterocycles. The van der Waals surface area contributed by atoms with E-state index in [1.807, 2.05) is 0 Å². The van der Waals surface area contributed by atoms with Crippen LogP contribution < -0.4 is 60.9 Å². The van der Waals surface area contributed by atoms with Crippen molar-refractivity contribution >= 4 is 0 Å². The van der Waals surface area contributed by atoms with Crippen molar-refractivity contribution in [1.29, 1.82) is 0 Å². The molecule has 0 radical (unpaired) electrons.